The summed E-state index contributed by atoms with van der Waals surface area (Å²) in [6.07, 6.45) is 7.98. The maximum atomic E-state index is 13.1. The third-order valence-electron chi connectivity index (χ3n) is 5.49. The molecule has 0 unspecified atom stereocenters. The molecule has 122 valence electrons. The van der Waals surface area contributed by atoms with Crippen LogP contribution < -0.4 is 4.90 Å². The zero-order valence-electron chi connectivity index (χ0n) is 13.8. The first kappa shape index (κ1) is 14.7. The first-order valence-corrected chi connectivity index (χ1v) is 8.89. The summed E-state index contributed by atoms with van der Waals surface area (Å²) < 4.78 is 0. The van der Waals surface area contributed by atoms with E-state index in [0.29, 0.717) is 12.1 Å². The summed E-state index contributed by atoms with van der Waals surface area (Å²) in [5.74, 6) is 0.275. The quantitative estimate of drug-likeness (QED) is 0.860. The van der Waals surface area contributed by atoms with Gasteiger partial charge in [0.1, 0.15) is 0 Å². The van der Waals surface area contributed by atoms with Crippen molar-refractivity contribution in [2.45, 2.75) is 64.0 Å². The van der Waals surface area contributed by atoms with Gasteiger partial charge in [-0.2, -0.15) is 0 Å². The van der Waals surface area contributed by atoms with Gasteiger partial charge in [0, 0.05) is 36.8 Å². The molecule has 4 rings (SSSR count). The molecule has 1 aliphatic heterocycles. The highest BCUT2D eigenvalue weighted by Gasteiger charge is 2.39. The molecular formula is C19H24N2O2. The summed E-state index contributed by atoms with van der Waals surface area (Å²) in [7, 11) is 0. The Hall–Kier alpha value is -1.84. The molecule has 0 atom stereocenters. The number of amides is 2. The largest absolute Gasteiger partial charge is 0.333 e. The second-order valence-electron chi connectivity index (χ2n) is 7.15. The van der Waals surface area contributed by atoms with Gasteiger partial charge in [-0.1, -0.05) is 12.8 Å². The van der Waals surface area contributed by atoms with Crippen molar-refractivity contribution >= 4 is 17.5 Å². The third-order valence-corrected chi connectivity index (χ3v) is 5.49. The van der Waals surface area contributed by atoms with E-state index >= 15 is 0 Å². The summed E-state index contributed by atoms with van der Waals surface area (Å²) in [5, 5.41) is 0. The molecular weight excluding hydrogens is 288 g/mol. The summed E-state index contributed by atoms with van der Waals surface area (Å²) in [6.45, 7) is 2.33. The lowest BCUT2D eigenvalue weighted by molar-refractivity contribution is -0.116. The Kier molecular flexibility index (Phi) is 3.63. The highest BCUT2D eigenvalue weighted by molar-refractivity contribution is 5.98. The molecule has 1 aromatic carbocycles. The SMILES string of the molecule is CC(=O)N1CCc2cc(C(=O)N(C3CCCC3)C3CC3)ccc21. The predicted octanol–water partition coefficient (Wildman–Crippen LogP) is 3.14. The monoisotopic (exact) mass is 312 g/mol. The van der Waals surface area contributed by atoms with Crippen LogP contribution in [0.3, 0.4) is 0 Å². The van der Waals surface area contributed by atoms with Crippen molar-refractivity contribution in [1.82, 2.24) is 4.90 Å². The van der Waals surface area contributed by atoms with Gasteiger partial charge in [-0.3, -0.25) is 9.59 Å². The fraction of sp³-hybridized carbons (Fsp3) is 0.579. The van der Waals surface area contributed by atoms with Crippen molar-refractivity contribution in [3.05, 3.63) is 29.3 Å². The Morgan fingerprint density at radius 3 is 2.43 bits per heavy atom. The summed E-state index contributed by atoms with van der Waals surface area (Å²) in [6, 6.07) is 6.79. The maximum Gasteiger partial charge on any atom is 0.254 e. The molecule has 0 radical (unpaired) electrons. The summed E-state index contributed by atoms with van der Waals surface area (Å²) in [4.78, 5) is 28.7. The summed E-state index contributed by atoms with van der Waals surface area (Å²) in [5.41, 5.74) is 2.91. The van der Waals surface area contributed by atoms with Crippen LogP contribution in [0, 0.1) is 0 Å². The molecule has 4 heteroatoms. The number of rotatable bonds is 3. The lowest BCUT2D eigenvalue weighted by Crippen LogP contribution is -2.40. The second kappa shape index (κ2) is 5.66. The topological polar surface area (TPSA) is 40.6 Å². The lowest BCUT2D eigenvalue weighted by atomic mass is 10.1. The predicted molar refractivity (Wildman–Crippen MR) is 89.6 cm³/mol. The van der Waals surface area contributed by atoms with Crippen molar-refractivity contribution in [3.63, 3.8) is 0 Å². The number of fused-ring (bicyclic) bond motifs is 1. The summed E-state index contributed by atoms with van der Waals surface area (Å²) >= 11 is 0. The molecule has 1 aromatic rings. The molecule has 23 heavy (non-hydrogen) atoms. The third kappa shape index (κ3) is 2.64. The highest BCUT2D eigenvalue weighted by Crippen LogP contribution is 2.36. The van der Waals surface area contributed by atoms with Gasteiger partial charge >= 0.3 is 0 Å². The number of benzene rings is 1. The molecule has 2 amide bonds. The number of hydrogen-bond donors (Lipinski definition) is 0. The number of hydrogen-bond acceptors (Lipinski definition) is 2. The van der Waals surface area contributed by atoms with Crippen LogP contribution in [0.4, 0.5) is 5.69 Å². The van der Waals surface area contributed by atoms with E-state index in [0.717, 1.165) is 55.5 Å². The van der Waals surface area contributed by atoms with Crippen LogP contribution >= 0.6 is 0 Å². The van der Waals surface area contributed by atoms with Gasteiger partial charge in [0.05, 0.1) is 0 Å². The van der Waals surface area contributed by atoms with E-state index in [9.17, 15) is 9.59 Å². The smallest absolute Gasteiger partial charge is 0.254 e. The minimum absolute atomic E-state index is 0.0772. The Morgan fingerprint density at radius 1 is 1.09 bits per heavy atom. The first-order valence-electron chi connectivity index (χ1n) is 8.89. The molecule has 3 aliphatic rings. The average Bonchev–Trinajstić information content (AvgIpc) is 3.06. The van der Waals surface area contributed by atoms with Gasteiger partial charge in [-0.05, 0) is 55.9 Å². The minimum Gasteiger partial charge on any atom is -0.333 e. The van der Waals surface area contributed by atoms with E-state index in [1.807, 2.05) is 18.2 Å². The van der Waals surface area contributed by atoms with Crippen molar-refractivity contribution in [3.8, 4) is 0 Å². The van der Waals surface area contributed by atoms with Gasteiger partial charge in [0.2, 0.25) is 5.91 Å². The number of carbonyl (C=O) groups is 2. The fourth-order valence-corrected chi connectivity index (χ4v) is 4.18. The van der Waals surface area contributed by atoms with Crippen LogP contribution in [0.2, 0.25) is 0 Å². The van der Waals surface area contributed by atoms with Crippen molar-refractivity contribution < 1.29 is 9.59 Å². The standard InChI is InChI=1S/C19H24N2O2/c1-13(22)20-11-10-14-12-15(6-9-18(14)20)19(23)21(17-7-8-17)16-4-2-3-5-16/h6,9,12,16-17H,2-5,7-8,10-11H2,1H3. The van der Waals surface area contributed by atoms with Gasteiger partial charge in [0.25, 0.3) is 5.91 Å². The lowest BCUT2D eigenvalue weighted by Gasteiger charge is -2.29. The highest BCUT2D eigenvalue weighted by atomic mass is 16.2. The van der Waals surface area contributed by atoms with E-state index < -0.39 is 0 Å². The Bertz CT molecular complexity index is 645. The van der Waals surface area contributed by atoms with E-state index in [1.165, 1.54) is 12.8 Å². The Morgan fingerprint density at radius 2 is 1.78 bits per heavy atom. The van der Waals surface area contributed by atoms with Gasteiger partial charge < -0.3 is 9.80 Å². The number of anilines is 1. The molecule has 0 spiro atoms. The Balaban J connectivity index is 1.60. The van der Waals surface area contributed by atoms with E-state index in [-0.39, 0.29) is 11.8 Å². The first-order chi connectivity index (χ1) is 11.1. The molecule has 4 nitrogen and oxygen atoms in total. The van der Waals surface area contributed by atoms with Gasteiger partial charge in [-0.15, -0.1) is 0 Å². The number of carbonyl (C=O) groups excluding carboxylic acids is 2. The zero-order chi connectivity index (χ0) is 16.0. The maximum absolute atomic E-state index is 13.1. The normalized spacial score (nSPS) is 20.7. The van der Waals surface area contributed by atoms with Crippen molar-refractivity contribution in [1.29, 1.82) is 0 Å². The van der Waals surface area contributed by atoms with Crippen LogP contribution in [-0.2, 0) is 11.2 Å². The van der Waals surface area contributed by atoms with Crippen LogP contribution in [0.25, 0.3) is 0 Å². The van der Waals surface area contributed by atoms with Gasteiger partial charge in [-0.25, -0.2) is 0 Å². The molecule has 0 saturated heterocycles. The number of nitrogens with zero attached hydrogens (tertiary/aromatic N) is 2. The zero-order valence-corrected chi connectivity index (χ0v) is 13.8. The van der Waals surface area contributed by atoms with E-state index in [1.54, 1.807) is 11.8 Å². The average molecular weight is 312 g/mol. The molecule has 0 bridgehead atoms. The van der Waals surface area contributed by atoms with Gasteiger partial charge in [0.15, 0.2) is 0 Å². The molecule has 2 saturated carbocycles. The Labute approximate surface area is 137 Å². The molecule has 0 aromatic heterocycles. The van der Waals surface area contributed by atoms with Crippen molar-refractivity contribution in [2.24, 2.45) is 0 Å². The van der Waals surface area contributed by atoms with Crippen molar-refractivity contribution in [2.75, 3.05) is 11.4 Å². The fourth-order valence-electron chi connectivity index (χ4n) is 4.18. The van der Waals surface area contributed by atoms with Crippen LogP contribution in [0.1, 0.15) is 61.4 Å². The van der Waals surface area contributed by atoms with Crippen LogP contribution in [-0.4, -0.2) is 35.3 Å². The molecule has 2 aliphatic carbocycles. The van der Waals surface area contributed by atoms with Crippen LogP contribution in [0.5, 0.6) is 0 Å². The minimum atomic E-state index is 0.0772. The molecule has 0 N–H and O–H groups in total. The van der Waals surface area contributed by atoms with E-state index in [2.05, 4.69) is 4.90 Å². The second-order valence-corrected chi connectivity index (χ2v) is 7.15. The van der Waals surface area contributed by atoms with Crippen LogP contribution in [0.15, 0.2) is 18.2 Å². The molecule has 2 fully saturated rings. The van der Waals surface area contributed by atoms with E-state index in [4.69, 9.17) is 0 Å². The molecule has 1 heterocycles.